The maximum atomic E-state index is 14.5. The van der Waals surface area contributed by atoms with E-state index in [0.29, 0.717) is 63.3 Å². The molecule has 73 heavy (non-hydrogen) atoms. The van der Waals surface area contributed by atoms with Gasteiger partial charge in [-0.2, -0.15) is 0 Å². The first-order valence-corrected chi connectivity index (χ1v) is 24.2. The zero-order chi connectivity index (χ0) is 51.3. The molecule has 0 radical (unpaired) electrons. The van der Waals surface area contributed by atoms with Gasteiger partial charge in [-0.05, 0) is 89.2 Å². The molecule has 8 rings (SSSR count). The highest BCUT2D eigenvalue weighted by atomic mass is 19.3. The van der Waals surface area contributed by atoms with E-state index in [0.717, 1.165) is 6.42 Å². The Labute approximate surface area is 423 Å². The fourth-order valence-electron chi connectivity index (χ4n) is 8.93. The van der Waals surface area contributed by atoms with Gasteiger partial charge in [0.2, 0.25) is 23.3 Å². The summed E-state index contributed by atoms with van der Waals surface area (Å²) in [5.74, 6) is -5.58. The van der Waals surface area contributed by atoms with Crippen molar-refractivity contribution in [1.82, 2.24) is 39.7 Å². The number of piperidine rings is 2. The van der Waals surface area contributed by atoms with Crippen molar-refractivity contribution >= 4 is 45.3 Å². The van der Waals surface area contributed by atoms with Gasteiger partial charge in [-0.15, -0.1) is 0 Å². The Kier molecular flexibility index (Phi) is 21.5. The lowest BCUT2D eigenvalue weighted by atomic mass is 10.0. The van der Waals surface area contributed by atoms with Crippen LogP contribution in [0.1, 0.15) is 72.7 Å². The van der Waals surface area contributed by atoms with Crippen LogP contribution in [0.25, 0.3) is 31.8 Å². The first kappa shape index (κ1) is 59.2. The molecule has 2 aliphatic rings. The molecule has 14 nitrogen and oxygen atoms in total. The largest absolute Gasteiger partial charge is 0.395 e. The molecule has 0 amide bonds. The maximum Gasteiger partial charge on any atom is 0.266 e. The van der Waals surface area contributed by atoms with Crippen LogP contribution in [0.15, 0.2) is 73.1 Å². The highest BCUT2D eigenvalue weighted by molar-refractivity contribution is 5.80. The molecule has 2 aliphatic heterocycles. The van der Waals surface area contributed by atoms with Crippen molar-refractivity contribution < 1.29 is 40.6 Å². The number of pyridine rings is 2. The van der Waals surface area contributed by atoms with Gasteiger partial charge >= 0.3 is 0 Å². The maximum absolute atomic E-state index is 14.5. The number of fused-ring (bicyclic) bond motifs is 2. The first-order valence-electron chi connectivity index (χ1n) is 24.2. The van der Waals surface area contributed by atoms with E-state index >= 15 is 0 Å². The summed E-state index contributed by atoms with van der Waals surface area (Å²) in [6.45, 7) is 31.4. The fraction of sp³-hybridized carbons (Fsp3) is 0.500. The topological polar surface area (TPSA) is 121 Å². The monoisotopic (exact) mass is 1020 g/mol. The van der Waals surface area contributed by atoms with Crippen molar-refractivity contribution in [3.05, 3.63) is 119 Å². The average Bonchev–Trinajstić information content (AvgIpc) is 3.91. The summed E-state index contributed by atoms with van der Waals surface area (Å²) >= 11 is 0. The quantitative estimate of drug-likeness (QED) is 0.0495. The Hall–Kier alpha value is -6.39. The van der Waals surface area contributed by atoms with E-state index in [1.165, 1.54) is 67.3 Å². The zero-order valence-electron chi connectivity index (χ0n) is 41.4. The number of hydrogen-bond acceptors (Lipinski definition) is 9. The summed E-state index contributed by atoms with van der Waals surface area (Å²) in [6.07, 6.45) is 3.04. The minimum Gasteiger partial charge on any atom is -0.395 e. The van der Waals surface area contributed by atoms with Gasteiger partial charge in [0, 0.05) is 58.0 Å². The van der Waals surface area contributed by atoms with E-state index in [4.69, 9.17) is 18.3 Å². The van der Waals surface area contributed by atoms with Crippen LogP contribution in [-0.4, -0.2) is 135 Å². The molecule has 3 N–H and O–H groups in total. The van der Waals surface area contributed by atoms with Crippen molar-refractivity contribution in [3.8, 4) is 0 Å². The van der Waals surface area contributed by atoms with Crippen LogP contribution in [0.4, 0.5) is 54.3 Å². The molecule has 6 aromatic rings. The lowest BCUT2D eigenvalue weighted by Crippen LogP contribution is -2.58. The summed E-state index contributed by atoms with van der Waals surface area (Å²) in [4.78, 5) is 28.1. The number of hydrogen-bond donors (Lipinski definition) is 3. The number of quaternary nitrogens is 1. The molecule has 0 unspecified atom stereocenters. The van der Waals surface area contributed by atoms with Crippen LogP contribution in [0, 0.1) is 24.8 Å². The standard InChI is InChI=1S/C22H23F3N6.C21H21F3N6O.C8H20N.CH4.FH/c1-3-9-27-20-14-30(10-8-22(20,24)25)21-29-18-7-4-15(23)11-19(18)31(21)13-17-6-5-16(26-2)12-28-17;1-25-15-3-4-16(27-11-15)12-30-18-10-14(22)2-5-17(18)28-20(30)29-8-6-21(23,24)19(13-29)26-7-9-31;1-5-9(6-2,7-3)8-4;;/h4-7,11-12,20,27H,3,8-10,13-14H2,1H3;2-5,10-11,19,26,31H,6-9,12-13H2;5-8H2,1-4H3;1H4;1H/q;;+1;;/t20-;19-;;;/m11.../s1. The summed E-state index contributed by atoms with van der Waals surface area (Å²) in [6, 6.07) is 13.2. The van der Waals surface area contributed by atoms with Crippen LogP contribution in [0.3, 0.4) is 0 Å². The smallest absolute Gasteiger partial charge is 0.266 e. The predicted molar refractivity (Wildman–Crippen MR) is 275 cm³/mol. The van der Waals surface area contributed by atoms with Gasteiger partial charge in [-0.25, -0.2) is 46.0 Å². The normalized spacial score (nSPS) is 17.0. The van der Waals surface area contributed by atoms with Gasteiger partial charge in [0.25, 0.3) is 11.8 Å². The number of nitrogens with one attached hydrogen (secondary N) is 2. The second-order valence-electron chi connectivity index (χ2n) is 17.8. The highest BCUT2D eigenvalue weighted by Gasteiger charge is 2.46. The minimum atomic E-state index is -2.91. The molecule has 0 spiro atoms. The zero-order valence-corrected chi connectivity index (χ0v) is 41.4. The van der Waals surface area contributed by atoms with Crippen LogP contribution >= 0.6 is 0 Å². The van der Waals surface area contributed by atoms with Crippen LogP contribution < -0.4 is 20.4 Å². The molecule has 4 aromatic heterocycles. The van der Waals surface area contributed by atoms with E-state index in [2.05, 4.69) is 68.0 Å². The summed E-state index contributed by atoms with van der Waals surface area (Å²) in [5.41, 5.74) is 4.37. The van der Waals surface area contributed by atoms with Crippen molar-refractivity contribution in [2.24, 2.45) is 0 Å². The number of aromatic nitrogens is 6. The molecule has 2 aromatic carbocycles. The molecule has 0 saturated carbocycles. The number of imidazole rings is 2. The van der Waals surface area contributed by atoms with Gasteiger partial charge in [0.05, 0.1) is 105 Å². The molecular weight excluding hydrogens is 956 g/mol. The summed E-state index contributed by atoms with van der Waals surface area (Å²) < 4.78 is 90.5. The number of alkyl halides is 4. The Balaban J connectivity index is 0.000000265. The van der Waals surface area contributed by atoms with Crippen molar-refractivity contribution in [3.63, 3.8) is 0 Å². The third-order valence-electron chi connectivity index (χ3n) is 13.5. The molecule has 0 aliphatic carbocycles. The number of nitrogens with zero attached hydrogens (tertiary/aromatic N) is 11. The highest BCUT2D eigenvalue weighted by Crippen LogP contribution is 2.35. The van der Waals surface area contributed by atoms with Crippen molar-refractivity contribution in [2.45, 2.75) is 98.3 Å². The Bertz CT molecular complexity index is 2560. The predicted octanol–water partition coefficient (Wildman–Crippen LogP) is 10.0. The van der Waals surface area contributed by atoms with Crippen LogP contribution in [0.5, 0.6) is 0 Å². The number of anilines is 2. The lowest BCUT2D eigenvalue weighted by molar-refractivity contribution is -0.921. The second kappa shape index (κ2) is 26.5. The Morgan fingerprint density at radius 2 is 1.07 bits per heavy atom. The van der Waals surface area contributed by atoms with Crippen LogP contribution in [0.2, 0.25) is 0 Å². The average molecular weight is 1030 g/mol. The van der Waals surface area contributed by atoms with Gasteiger partial charge < -0.3 is 39.2 Å². The fourth-order valence-corrected chi connectivity index (χ4v) is 8.93. The molecule has 2 atom stereocenters. The molecule has 2 saturated heterocycles. The first-order chi connectivity index (χ1) is 34.1. The van der Waals surface area contributed by atoms with Gasteiger partial charge in [0.1, 0.15) is 11.6 Å². The van der Waals surface area contributed by atoms with Gasteiger partial charge in [-0.3, -0.25) is 14.7 Å². The Morgan fingerprint density at radius 3 is 1.40 bits per heavy atom. The third kappa shape index (κ3) is 14.4. The van der Waals surface area contributed by atoms with E-state index in [1.807, 2.05) is 11.8 Å². The lowest BCUT2D eigenvalue weighted by Gasteiger charge is -2.39. The SMILES string of the molecule is C.CC[N+](CC)(CC)CC.F.[C-]#[N+]c1ccc(Cn2c(N3CCC(F)(F)[C@H](NCCC)C3)nc3ccc(F)cc32)nc1.[C-]#[N+]c1ccc(Cn2c(N3CCC(F)(F)[C@H](NCCO)C3)nc3ccc(F)cc32)nc1. The summed E-state index contributed by atoms with van der Waals surface area (Å²) in [7, 11) is 0. The number of aliphatic hydroxyl groups excluding tert-OH is 1. The van der Waals surface area contributed by atoms with E-state index in [9.17, 15) is 26.3 Å². The third-order valence-corrected chi connectivity index (χ3v) is 13.5. The van der Waals surface area contributed by atoms with Crippen molar-refractivity contribution in [1.29, 1.82) is 0 Å². The number of rotatable bonds is 16. The van der Waals surface area contributed by atoms with E-state index in [1.54, 1.807) is 50.4 Å². The number of halogens is 7. The van der Waals surface area contributed by atoms with E-state index < -0.39 is 35.6 Å². The second-order valence-corrected chi connectivity index (χ2v) is 17.8. The molecule has 396 valence electrons. The summed E-state index contributed by atoms with van der Waals surface area (Å²) in [5, 5.41) is 14.7. The molecule has 0 bridgehead atoms. The van der Waals surface area contributed by atoms with E-state index in [-0.39, 0.29) is 77.4 Å². The minimum absolute atomic E-state index is 0. The molecule has 2 fully saturated rings. The van der Waals surface area contributed by atoms with Gasteiger partial charge in [-0.1, -0.05) is 26.5 Å². The number of aliphatic hydroxyl groups is 1. The molecule has 6 heterocycles. The molecule has 21 heteroatoms. The number of benzene rings is 2. The molecular formula is C52H69F7N13O+. The van der Waals surface area contributed by atoms with Crippen LogP contribution in [-0.2, 0) is 13.1 Å². The van der Waals surface area contributed by atoms with Gasteiger partial charge in [0.15, 0.2) is 0 Å². The van der Waals surface area contributed by atoms with Crippen molar-refractivity contribution in [2.75, 3.05) is 81.9 Å². The Morgan fingerprint density at radius 1 is 0.658 bits per heavy atom.